The molecule has 1 aromatic rings. The number of piperidine rings is 1. The van der Waals surface area contributed by atoms with Crippen molar-refractivity contribution in [1.82, 2.24) is 4.90 Å². The van der Waals surface area contributed by atoms with Crippen molar-refractivity contribution < 1.29 is 13.6 Å². The van der Waals surface area contributed by atoms with Gasteiger partial charge < -0.3 is 4.90 Å². The quantitative estimate of drug-likeness (QED) is 0.776. The van der Waals surface area contributed by atoms with Crippen LogP contribution in [0.25, 0.3) is 0 Å². The SMILES string of the molecule is Cc1cc(Br)c(C(=O)N2CCC(F)CC2)cc1F. The fourth-order valence-corrected chi connectivity index (χ4v) is 2.66. The standard InChI is InChI=1S/C13H14BrF2NO/c1-8-6-11(14)10(7-12(8)16)13(18)17-4-2-9(15)3-5-17/h6-7,9H,2-5H2,1H3. The number of alkyl halides is 1. The van der Waals surface area contributed by atoms with Crippen LogP contribution in [0.4, 0.5) is 8.78 Å². The van der Waals surface area contributed by atoms with Gasteiger partial charge >= 0.3 is 0 Å². The second kappa shape index (κ2) is 5.34. The number of carbonyl (C=O) groups excluding carboxylic acids is 1. The van der Waals surface area contributed by atoms with Crippen molar-refractivity contribution in [2.45, 2.75) is 25.9 Å². The molecule has 1 aliphatic rings. The Morgan fingerprint density at radius 2 is 2.00 bits per heavy atom. The van der Waals surface area contributed by atoms with Gasteiger partial charge in [0.25, 0.3) is 5.91 Å². The van der Waals surface area contributed by atoms with Gasteiger partial charge in [-0.3, -0.25) is 4.79 Å². The molecule has 0 N–H and O–H groups in total. The lowest BCUT2D eigenvalue weighted by molar-refractivity contribution is 0.0665. The minimum absolute atomic E-state index is 0.243. The van der Waals surface area contributed by atoms with Crippen molar-refractivity contribution in [3.63, 3.8) is 0 Å². The topological polar surface area (TPSA) is 20.3 Å². The highest BCUT2D eigenvalue weighted by Crippen LogP contribution is 2.24. The maximum absolute atomic E-state index is 13.5. The van der Waals surface area contributed by atoms with E-state index in [1.54, 1.807) is 17.9 Å². The number of nitrogens with zero attached hydrogens (tertiary/aromatic N) is 1. The van der Waals surface area contributed by atoms with Crippen LogP contribution in [-0.2, 0) is 0 Å². The van der Waals surface area contributed by atoms with Crippen LogP contribution in [0.1, 0.15) is 28.8 Å². The van der Waals surface area contributed by atoms with Crippen molar-refractivity contribution >= 4 is 21.8 Å². The highest BCUT2D eigenvalue weighted by Gasteiger charge is 2.25. The Kier molecular flexibility index (Phi) is 4.00. The van der Waals surface area contributed by atoms with Crippen molar-refractivity contribution in [1.29, 1.82) is 0 Å². The fourth-order valence-electron chi connectivity index (χ4n) is 2.03. The van der Waals surface area contributed by atoms with Crippen LogP contribution in [0.5, 0.6) is 0 Å². The summed E-state index contributed by atoms with van der Waals surface area (Å²) in [5.74, 6) is -0.644. The first kappa shape index (κ1) is 13.5. The summed E-state index contributed by atoms with van der Waals surface area (Å²) in [6.45, 7) is 2.42. The number of hydrogen-bond acceptors (Lipinski definition) is 1. The highest BCUT2D eigenvalue weighted by atomic mass is 79.9. The number of aryl methyl sites for hydroxylation is 1. The Morgan fingerprint density at radius 1 is 1.39 bits per heavy atom. The molecule has 18 heavy (non-hydrogen) atoms. The number of benzene rings is 1. The molecule has 2 rings (SSSR count). The fraction of sp³-hybridized carbons (Fsp3) is 0.462. The maximum Gasteiger partial charge on any atom is 0.255 e. The summed E-state index contributed by atoms with van der Waals surface area (Å²) >= 11 is 3.27. The monoisotopic (exact) mass is 317 g/mol. The lowest BCUT2D eigenvalue weighted by Crippen LogP contribution is -2.39. The molecule has 1 aromatic carbocycles. The van der Waals surface area contributed by atoms with E-state index in [-0.39, 0.29) is 5.91 Å². The first-order valence-corrected chi connectivity index (χ1v) is 6.67. The Balaban J connectivity index is 2.21. The van der Waals surface area contributed by atoms with E-state index in [1.165, 1.54) is 6.07 Å². The van der Waals surface area contributed by atoms with Gasteiger partial charge in [0, 0.05) is 17.6 Å². The van der Waals surface area contributed by atoms with E-state index in [4.69, 9.17) is 0 Å². The lowest BCUT2D eigenvalue weighted by Gasteiger charge is -2.29. The first-order valence-electron chi connectivity index (χ1n) is 5.88. The molecule has 1 fully saturated rings. The Hall–Kier alpha value is -0.970. The number of likely N-dealkylation sites (tertiary alicyclic amines) is 1. The van der Waals surface area contributed by atoms with Crippen LogP contribution in [-0.4, -0.2) is 30.1 Å². The summed E-state index contributed by atoms with van der Waals surface area (Å²) in [6, 6.07) is 2.83. The predicted molar refractivity (Wildman–Crippen MR) is 68.9 cm³/mol. The molecule has 2 nitrogen and oxygen atoms in total. The Morgan fingerprint density at radius 3 is 2.61 bits per heavy atom. The van der Waals surface area contributed by atoms with Crippen LogP contribution < -0.4 is 0 Å². The third-order valence-corrected chi connectivity index (χ3v) is 3.85. The number of carbonyl (C=O) groups is 1. The third kappa shape index (κ3) is 2.71. The van der Waals surface area contributed by atoms with Crippen LogP contribution in [0.15, 0.2) is 16.6 Å². The van der Waals surface area contributed by atoms with Gasteiger partial charge in [-0.2, -0.15) is 0 Å². The van der Waals surface area contributed by atoms with E-state index in [9.17, 15) is 13.6 Å². The zero-order valence-corrected chi connectivity index (χ0v) is 11.6. The Bertz CT molecular complexity index is 470. The second-order valence-corrected chi connectivity index (χ2v) is 5.40. The minimum atomic E-state index is -0.827. The molecule has 5 heteroatoms. The van der Waals surface area contributed by atoms with E-state index >= 15 is 0 Å². The molecule has 0 aliphatic carbocycles. The van der Waals surface area contributed by atoms with Gasteiger partial charge in [-0.15, -0.1) is 0 Å². The first-order chi connectivity index (χ1) is 8.49. The molecule has 0 saturated carbocycles. The minimum Gasteiger partial charge on any atom is -0.338 e. The number of amides is 1. The zero-order valence-electron chi connectivity index (χ0n) is 10.0. The molecule has 0 aromatic heterocycles. The van der Waals surface area contributed by atoms with Crippen LogP contribution in [0.2, 0.25) is 0 Å². The molecule has 0 radical (unpaired) electrons. The van der Waals surface area contributed by atoms with Crippen molar-refractivity contribution in [2.75, 3.05) is 13.1 Å². The molecular weight excluding hydrogens is 304 g/mol. The Labute approximate surface area is 113 Å². The summed E-state index contributed by atoms with van der Waals surface area (Å²) in [5.41, 5.74) is 0.788. The molecule has 1 heterocycles. The lowest BCUT2D eigenvalue weighted by atomic mass is 10.1. The van der Waals surface area contributed by atoms with E-state index in [2.05, 4.69) is 15.9 Å². The van der Waals surface area contributed by atoms with Gasteiger partial charge in [-0.25, -0.2) is 8.78 Å². The summed E-state index contributed by atoms with van der Waals surface area (Å²) in [6.07, 6.45) is -0.109. The molecular formula is C13H14BrF2NO. The average molecular weight is 318 g/mol. The summed E-state index contributed by atoms with van der Waals surface area (Å²) in [5, 5.41) is 0. The van der Waals surface area contributed by atoms with Gasteiger partial charge in [0.1, 0.15) is 12.0 Å². The summed E-state index contributed by atoms with van der Waals surface area (Å²) < 4.78 is 27.1. The molecule has 0 spiro atoms. The van der Waals surface area contributed by atoms with Crippen LogP contribution >= 0.6 is 15.9 Å². The van der Waals surface area contributed by atoms with Crippen LogP contribution in [0.3, 0.4) is 0 Å². The second-order valence-electron chi connectivity index (χ2n) is 4.55. The summed E-state index contributed by atoms with van der Waals surface area (Å²) in [7, 11) is 0. The largest absolute Gasteiger partial charge is 0.338 e. The van der Waals surface area contributed by atoms with E-state index in [1.807, 2.05) is 0 Å². The van der Waals surface area contributed by atoms with Crippen molar-refractivity contribution in [3.05, 3.63) is 33.5 Å². The van der Waals surface area contributed by atoms with E-state index in [0.717, 1.165) is 0 Å². The zero-order chi connectivity index (χ0) is 13.3. The van der Waals surface area contributed by atoms with Gasteiger partial charge in [-0.05, 0) is 53.4 Å². The van der Waals surface area contributed by atoms with Gasteiger partial charge in [0.2, 0.25) is 0 Å². The van der Waals surface area contributed by atoms with E-state index < -0.39 is 12.0 Å². The molecule has 1 amide bonds. The molecule has 0 bridgehead atoms. The van der Waals surface area contributed by atoms with Crippen LogP contribution in [0, 0.1) is 12.7 Å². The predicted octanol–water partition coefficient (Wildman–Crippen LogP) is 3.47. The van der Waals surface area contributed by atoms with Gasteiger partial charge in [-0.1, -0.05) is 0 Å². The molecule has 1 saturated heterocycles. The van der Waals surface area contributed by atoms with Crippen molar-refractivity contribution in [3.8, 4) is 0 Å². The van der Waals surface area contributed by atoms with E-state index in [0.29, 0.717) is 41.5 Å². The molecule has 98 valence electrons. The number of rotatable bonds is 1. The average Bonchev–Trinajstić information content (AvgIpc) is 2.34. The highest BCUT2D eigenvalue weighted by molar-refractivity contribution is 9.10. The molecule has 0 unspecified atom stereocenters. The third-order valence-electron chi connectivity index (χ3n) is 3.19. The normalized spacial score (nSPS) is 17.0. The smallest absolute Gasteiger partial charge is 0.255 e. The van der Waals surface area contributed by atoms with Gasteiger partial charge in [0.15, 0.2) is 0 Å². The number of hydrogen-bond donors (Lipinski definition) is 0. The molecule has 0 atom stereocenters. The maximum atomic E-state index is 13.5. The van der Waals surface area contributed by atoms with Gasteiger partial charge in [0.05, 0.1) is 5.56 Å². The summed E-state index contributed by atoms with van der Waals surface area (Å²) in [4.78, 5) is 13.8. The van der Waals surface area contributed by atoms with Crippen molar-refractivity contribution in [2.24, 2.45) is 0 Å². The number of halogens is 3. The molecule has 1 aliphatic heterocycles.